The summed E-state index contributed by atoms with van der Waals surface area (Å²) in [5.74, 6) is -2.92. The average molecular weight is 440 g/mol. The van der Waals surface area contributed by atoms with Gasteiger partial charge < -0.3 is 10.4 Å². The molecule has 0 radical (unpaired) electrons. The molecule has 30 heavy (non-hydrogen) atoms. The number of nitrogens with one attached hydrogen (secondary N) is 2. The Hall–Kier alpha value is -3.33. The van der Waals surface area contributed by atoms with Crippen LogP contribution in [0.2, 0.25) is 5.02 Å². The molecule has 10 heteroatoms. The van der Waals surface area contributed by atoms with Crippen molar-refractivity contribution in [3.63, 3.8) is 0 Å². The number of benzene rings is 2. The van der Waals surface area contributed by atoms with Crippen LogP contribution in [0.1, 0.15) is 16.1 Å². The molecule has 3 aromatic rings. The highest BCUT2D eigenvalue weighted by molar-refractivity contribution is 6.30. The van der Waals surface area contributed by atoms with Crippen LogP contribution in [0.5, 0.6) is 0 Å². The lowest BCUT2D eigenvalue weighted by Gasteiger charge is -2.04. The molecule has 0 saturated heterocycles. The highest BCUT2D eigenvalue weighted by Gasteiger charge is 2.38. The zero-order valence-electron chi connectivity index (χ0n) is 15.4. The molecule has 3 N–H and O–H groups in total. The molecule has 0 atom stereocenters. The smallest absolute Gasteiger partial charge is 0.475 e. The van der Waals surface area contributed by atoms with Gasteiger partial charge in [0.1, 0.15) is 5.69 Å². The van der Waals surface area contributed by atoms with E-state index < -0.39 is 12.1 Å². The van der Waals surface area contributed by atoms with Crippen LogP contribution in [0.25, 0.3) is 11.3 Å². The number of hydrogen-bond donors (Lipinski definition) is 3. The molecule has 0 unspecified atom stereocenters. The van der Waals surface area contributed by atoms with Gasteiger partial charge in [0.25, 0.3) is 5.91 Å². The van der Waals surface area contributed by atoms with E-state index in [2.05, 4.69) is 15.5 Å². The fourth-order valence-electron chi connectivity index (χ4n) is 2.26. The highest BCUT2D eigenvalue weighted by atomic mass is 35.5. The first kappa shape index (κ1) is 23.0. The van der Waals surface area contributed by atoms with E-state index in [-0.39, 0.29) is 5.91 Å². The standard InChI is InChI=1S/C18H16ClN3O.C2HF3O2/c19-15-8-6-13(7-9-15)10-11-20-18(23)17-12-16(21-22-17)14-4-2-1-3-5-14;3-2(4,5)1(6)7/h1-9,12H,10-11H2,(H,20,23)(H,21,22);(H,6,7). The number of carboxylic acids is 1. The topological polar surface area (TPSA) is 95.1 Å². The van der Waals surface area contributed by atoms with Crippen LogP contribution in [-0.4, -0.2) is 39.9 Å². The van der Waals surface area contributed by atoms with Crippen molar-refractivity contribution in [1.82, 2.24) is 15.5 Å². The normalized spacial score (nSPS) is 10.7. The van der Waals surface area contributed by atoms with Crippen LogP contribution >= 0.6 is 11.6 Å². The Bertz CT molecular complexity index is 974. The molecule has 2 aromatic carbocycles. The van der Waals surface area contributed by atoms with E-state index in [9.17, 15) is 18.0 Å². The molecule has 0 fully saturated rings. The lowest BCUT2D eigenvalue weighted by molar-refractivity contribution is -0.192. The summed E-state index contributed by atoms with van der Waals surface area (Å²) < 4.78 is 31.7. The van der Waals surface area contributed by atoms with Gasteiger partial charge in [0.15, 0.2) is 0 Å². The number of rotatable bonds is 5. The minimum atomic E-state index is -5.08. The number of halogens is 4. The number of alkyl halides is 3. The Morgan fingerprint density at radius 2 is 1.67 bits per heavy atom. The number of carbonyl (C=O) groups is 2. The van der Waals surface area contributed by atoms with Gasteiger partial charge in [-0.05, 0) is 30.2 Å². The molecular weight excluding hydrogens is 423 g/mol. The fourth-order valence-corrected chi connectivity index (χ4v) is 2.39. The highest BCUT2D eigenvalue weighted by Crippen LogP contribution is 2.17. The largest absolute Gasteiger partial charge is 0.490 e. The van der Waals surface area contributed by atoms with Gasteiger partial charge in [-0.25, -0.2) is 4.79 Å². The molecule has 0 saturated carbocycles. The monoisotopic (exact) mass is 439 g/mol. The van der Waals surface area contributed by atoms with Crippen molar-refractivity contribution in [3.05, 3.63) is 76.9 Å². The second-order valence-electron chi connectivity index (χ2n) is 5.97. The van der Waals surface area contributed by atoms with Crippen molar-refractivity contribution >= 4 is 23.5 Å². The first-order chi connectivity index (χ1) is 14.2. The Balaban J connectivity index is 0.000000396. The Morgan fingerprint density at radius 3 is 2.23 bits per heavy atom. The maximum Gasteiger partial charge on any atom is 0.490 e. The molecule has 0 spiro atoms. The van der Waals surface area contributed by atoms with E-state index in [1.165, 1.54) is 0 Å². The lowest BCUT2D eigenvalue weighted by Crippen LogP contribution is -2.26. The third-order valence-electron chi connectivity index (χ3n) is 3.75. The lowest BCUT2D eigenvalue weighted by atomic mass is 10.1. The predicted octanol–water partition coefficient (Wildman–Crippen LogP) is 4.34. The van der Waals surface area contributed by atoms with Crippen LogP contribution in [0.15, 0.2) is 60.7 Å². The molecular formula is C20H17ClF3N3O3. The Morgan fingerprint density at radius 1 is 1.07 bits per heavy atom. The number of nitrogens with zero attached hydrogens (tertiary/aromatic N) is 1. The summed E-state index contributed by atoms with van der Waals surface area (Å²) in [7, 11) is 0. The molecule has 0 aliphatic rings. The Kier molecular flexibility index (Phi) is 7.99. The number of H-pyrrole nitrogens is 1. The van der Waals surface area contributed by atoms with Crippen molar-refractivity contribution in [3.8, 4) is 11.3 Å². The van der Waals surface area contributed by atoms with Crippen LogP contribution in [0, 0.1) is 0 Å². The molecule has 0 bridgehead atoms. The number of amides is 1. The third kappa shape index (κ3) is 7.25. The Labute approximate surface area is 174 Å². The van der Waals surface area contributed by atoms with Gasteiger partial charge in [-0.1, -0.05) is 54.1 Å². The van der Waals surface area contributed by atoms with Crippen molar-refractivity contribution in [2.45, 2.75) is 12.6 Å². The van der Waals surface area contributed by atoms with E-state index in [4.69, 9.17) is 21.5 Å². The molecule has 1 heterocycles. The van der Waals surface area contributed by atoms with E-state index >= 15 is 0 Å². The molecule has 3 rings (SSSR count). The van der Waals surface area contributed by atoms with E-state index in [0.29, 0.717) is 17.3 Å². The van der Waals surface area contributed by atoms with Gasteiger partial charge in [0, 0.05) is 17.1 Å². The summed E-state index contributed by atoms with van der Waals surface area (Å²) in [4.78, 5) is 21.0. The molecule has 1 amide bonds. The first-order valence-electron chi connectivity index (χ1n) is 8.60. The van der Waals surface area contributed by atoms with Gasteiger partial charge in [0.2, 0.25) is 0 Å². The van der Waals surface area contributed by atoms with E-state index in [1.54, 1.807) is 6.07 Å². The van der Waals surface area contributed by atoms with Gasteiger partial charge in [0.05, 0.1) is 5.69 Å². The summed E-state index contributed by atoms with van der Waals surface area (Å²) in [5.41, 5.74) is 3.32. The van der Waals surface area contributed by atoms with E-state index in [0.717, 1.165) is 23.2 Å². The molecule has 158 valence electrons. The summed E-state index contributed by atoms with van der Waals surface area (Å²) >= 11 is 5.85. The van der Waals surface area contributed by atoms with Crippen molar-refractivity contribution < 1.29 is 27.9 Å². The second kappa shape index (κ2) is 10.4. The SMILES string of the molecule is O=C(NCCc1ccc(Cl)cc1)c1cc(-c2ccccc2)n[nH]1.O=C(O)C(F)(F)F. The van der Waals surface area contributed by atoms with Crippen LogP contribution in [-0.2, 0) is 11.2 Å². The van der Waals surface area contributed by atoms with Crippen molar-refractivity contribution in [2.24, 2.45) is 0 Å². The maximum absolute atomic E-state index is 12.1. The molecule has 0 aliphatic heterocycles. The molecule has 1 aromatic heterocycles. The van der Waals surface area contributed by atoms with Gasteiger partial charge in [-0.15, -0.1) is 0 Å². The third-order valence-corrected chi connectivity index (χ3v) is 4.00. The summed E-state index contributed by atoms with van der Waals surface area (Å²) in [6, 6.07) is 19.1. The van der Waals surface area contributed by atoms with Crippen LogP contribution in [0.3, 0.4) is 0 Å². The fraction of sp³-hybridized carbons (Fsp3) is 0.150. The van der Waals surface area contributed by atoms with Crippen LogP contribution < -0.4 is 5.32 Å². The number of aromatic nitrogens is 2. The minimum Gasteiger partial charge on any atom is -0.475 e. The molecule has 6 nitrogen and oxygen atoms in total. The van der Waals surface area contributed by atoms with Gasteiger partial charge >= 0.3 is 12.1 Å². The number of hydrogen-bond acceptors (Lipinski definition) is 3. The maximum atomic E-state index is 12.1. The average Bonchev–Trinajstić information content (AvgIpc) is 3.20. The number of carbonyl (C=O) groups excluding carboxylic acids is 1. The van der Waals surface area contributed by atoms with Gasteiger partial charge in [-0.2, -0.15) is 18.3 Å². The minimum absolute atomic E-state index is 0.159. The second-order valence-corrected chi connectivity index (χ2v) is 6.40. The number of aliphatic carboxylic acids is 1. The summed E-state index contributed by atoms with van der Waals surface area (Å²) in [5, 5.41) is 17.7. The predicted molar refractivity (Wildman–Crippen MR) is 105 cm³/mol. The summed E-state index contributed by atoms with van der Waals surface area (Å²) in [6.45, 7) is 0.556. The quantitative estimate of drug-likeness (QED) is 0.551. The molecule has 0 aliphatic carbocycles. The van der Waals surface area contributed by atoms with E-state index in [1.807, 2.05) is 54.6 Å². The zero-order chi connectivity index (χ0) is 22.1. The number of aromatic amines is 1. The zero-order valence-corrected chi connectivity index (χ0v) is 16.2. The first-order valence-corrected chi connectivity index (χ1v) is 8.98. The van der Waals surface area contributed by atoms with Crippen molar-refractivity contribution in [1.29, 1.82) is 0 Å². The van der Waals surface area contributed by atoms with Crippen LogP contribution in [0.4, 0.5) is 13.2 Å². The summed E-state index contributed by atoms with van der Waals surface area (Å²) in [6.07, 6.45) is -4.33. The number of carboxylic acid groups (broad SMARTS) is 1. The van der Waals surface area contributed by atoms with Gasteiger partial charge in [-0.3, -0.25) is 9.89 Å². The van der Waals surface area contributed by atoms with Crippen molar-refractivity contribution in [2.75, 3.05) is 6.54 Å².